The first-order chi connectivity index (χ1) is 14.3. The molecule has 0 saturated heterocycles. The summed E-state index contributed by atoms with van der Waals surface area (Å²) in [5.74, 6) is -0.404. The van der Waals surface area contributed by atoms with Gasteiger partial charge in [0.2, 0.25) is 0 Å². The average Bonchev–Trinajstić information content (AvgIpc) is 2.70. The zero-order valence-electron chi connectivity index (χ0n) is 17.1. The second-order valence-electron chi connectivity index (χ2n) is 7.07. The number of carbonyl (C=O) groups is 2. The number of para-hydroxylation sites is 1. The SMILES string of the molecule is Cc1cc(C)c(NC(=O)COc2ccc(Cl)cc2C(=O)Nc2ccccc2)c(C)c1. The smallest absolute Gasteiger partial charge is 0.262 e. The Kier molecular flexibility index (Phi) is 6.75. The minimum atomic E-state index is -0.371. The topological polar surface area (TPSA) is 67.4 Å². The molecular weight excluding hydrogens is 400 g/mol. The summed E-state index contributed by atoms with van der Waals surface area (Å²) in [6, 6.07) is 17.8. The van der Waals surface area contributed by atoms with Crippen molar-refractivity contribution in [1.29, 1.82) is 0 Å². The Bertz CT molecular complexity index is 1060. The number of hydrogen-bond acceptors (Lipinski definition) is 3. The van der Waals surface area contributed by atoms with Crippen LogP contribution in [0.5, 0.6) is 5.75 Å². The van der Waals surface area contributed by atoms with Crippen molar-refractivity contribution in [3.05, 3.63) is 87.9 Å². The molecule has 3 rings (SSSR count). The highest BCUT2D eigenvalue weighted by molar-refractivity contribution is 6.31. The number of anilines is 2. The molecule has 3 aromatic carbocycles. The van der Waals surface area contributed by atoms with Crippen LogP contribution in [0.15, 0.2) is 60.7 Å². The normalized spacial score (nSPS) is 10.4. The summed E-state index contributed by atoms with van der Waals surface area (Å²) >= 11 is 6.07. The predicted molar refractivity (Wildman–Crippen MR) is 121 cm³/mol. The van der Waals surface area contributed by atoms with Crippen LogP contribution in [-0.2, 0) is 4.79 Å². The van der Waals surface area contributed by atoms with Crippen LogP contribution < -0.4 is 15.4 Å². The van der Waals surface area contributed by atoms with Gasteiger partial charge in [-0.05, 0) is 62.2 Å². The largest absolute Gasteiger partial charge is 0.483 e. The van der Waals surface area contributed by atoms with E-state index < -0.39 is 0 Å². The van der Waals surface area contributed by atoms with E-state index in [1.54, 1.807) is 24.3 Å². The highest BCUT2D eigenvalue weighted by atomic mass is 35.5. The van der Waals surface area contributed by atoms with Crippen LogP contribution in [0.1, 0.15) is 27.0 Å². The van der Waals surface area contributed by atoms with Crippen molar-refractivity contribution < 1.29 is 14.3 Å². The van der Waals surface area contributed by atoms with Crippen molar-refractivity contribution in [3.63, 3.8) is 0 Å². The Hall–Kier alpha value is -3.31. The van der Waals surface area contributed by atoms with Gasteiger partial charge in [-0.3, -0.25) is 9.59 Å². The molecule has 0 fully saturated rings. The van der Waals surface area contributed by atoms with Gasteiger partial charge in [-0.2, -0.15) is 0 Å². The molecule has 154 valence electrons. The molecule has 0 bridgehead atoms. The lowest BCUT2D eigenvalue weighted by Gasteiger charge is -2.15. The van der Waals surface area contributed by atoms with E-state index in [-0.39, 0.29) is 29.7 Å². The Morgan fingerprint density at radius 3 is 2.23 bits per heavy atom. The van der Waals surface area contributed by atoms with Crippen LogP contribution in [0, 0.1) is 20.8 Å². The van der Waals surface area contributed by atoms with Gasteiger partial charge in [0.25, 0.3) is 11.8 Å². The minimum absolute atomic E-state index is 0.236. The number of ether oxygens (including phenoxy) is 1. The predicted octanol–water partition coefficient (Wildman–Crippen LogP) is 5.54. The molecule has 0 aliphatic heterocycles. The summed E-state index contributed by atoms with van der Waals surface area (Å²) in [6.45, 7) is 5.67. The number of rotatable bonds is 6. The highest BCUT2D eigenvalue weighted by Gasteiger charge is 2.16. The molecule has 0 aliphatic carbocycles. The standard InChI is InChI=1S/C24H23ClN2O3/c1-15-11-16(2)23(17(3)12-15)27-22(28)14-30-21-10-9-18(25)13-20(21)24(29)26-19-7-5-4-6-8-19/h4-13H,14H2,1-3H3,(H,26,29)(H,27,28). The van der Waals surface area contributed by atoms with E-state index in [1.165, 1.54) is 6.07 Å². The van der Waals surface area contributed by atoms with Crippen LogP contribution in [0.3, 0.4) is 0 Å². The second kappa shape index (κ2) is 9.46. The summed E-state index contributed by atoms with van der Waals surface area (Å²) in [7, 11) is 0. The highest BCUT2D eigenvalue weighted by Crippen LogP contribution is 2.25. The molecule has 3 aromatic rings. The van der Waals surface area contributed by atoms with Crippen molar-refractivity contribution in [3.8, 4) is 5.75 Å². The maximum absolute atomic E-state index is 12.7. The lowest BCUT2D eigenvalue weighted by Crippen LogP contribution is -2.22. The zero-order valence-corrected chi connectivity index (χ0v) is 17.8. The van der Waals surface area contributed by atoms with Gasteiger partial charge in [0.05, 0.1) is 5.56 Å². The molecule has 0 atom stereocenters. The lowest BCUT2D eigenvalue weighted by molar-refractivity contribution is -0.118. The van der Waals surface area contributed by atoms with Crippen LogP contribution >= 0.6 is 11.6 Å². The molecule has 0 spiro atoms. The molecule has 6 heteroatoms. The van der Waals surface area contributed by atoms with E-state index in [9.17, 15) is 9.59 Å². The summed E-state index contributed by atoms with van der Waals surface area (Å²) in [6.07, 6.45) is 0. The average molecular weight is 423 g/mol. The van der Waals surface area contributed by atoms with Gasteiger partial charge in [0.15, 0.2) is 6.61 Å². The maximum atomic E-state index is 12.7. The molecule has 0 aromatic heterocycles. The molecule has 0 saturated carbocycles. The number of amides is 2. The van der Waals surface area contributed by atoms with Gasteiger partial charge in [-0.1, -0.05) is 47.5 Å². The third-order valence-corrected chi connectivity index (χ3v) is 4.75. The monoisotopic (exact) mass is 422 g/mol. The summed E-state index contributed by atoms with van der Waals surface area (Å²) in [4.78, 5) is 25.1. The number of carbonyl (C=O) groups excluding carboxylic acids is 2. The molecule has 0 aliphatic rings. The molecule has 30 heavy (non-hydrogen) atoms. The quantitative estimate of drug-likeness (QED) is 0.548. The van der Waals surface area contributed by atoms with E-state index >= 15 is 0 Å². The van der Waals surface area contributed by atoms with Gasteiger partial charge < -0.3 is 15.4 Å². The third-order valence-electron chi connectivity index (χ3n) is 4.52. The fourth-order valence-electron chi connectivity index (χ4n) is 3.22. The molecule has 2 N–H and O–H groups in total. The summed E-state index contributed by atoms with van der Waals surface area (Å²) in [5, 5.41) is 6.08. The van der Waals surface area contributed by atoms with E-state index in [4.69, 9.17) is 16.3 Å². The van der Waals surface area contributed by atoms with Crippen LogP contribution in [0.25, 0.3) is 0 Å². The van der Waals surface area contributed by atoms with Crippen LogP contribution in [-0.4, -0.2) is 18.4 Å². The number of aryl methyl sites for hydroxylation is 3. The molecule has 5 nitrogen and oxygen atoms in total. The van der Waals surface area contributed by atoms with Crippen molar-refractivity contribution in [2.75, 3.05) is 17.2 Å². The Labute approximate surface area is 181 Å². The van der Waals surface area contributed by atoms with Gasteiger partial charge >= 0.3 is 0 Å². The second-order valence-corrected chi connectivity index (χ2v) is 7.51. The molecular formula is C24H23ClN2O3. The Balaban J connectivity index is 1.71. The number of hydrogen-bond donors (Lipinski definition) is 2. The Morgan fingerprint density at radius 2 is 1.57 bits per heavy atom. The van der Waals surface area contributed by atoms with Crippen molar-refractivity contribution in [1.82, 2.24) is 0 Å². The molecule has 2 amide bonds. The van der Waals surface area contributed by atoms with Gasteiger partial charge in [0.1, 0.15) is 5.75 Å². The van der Waals surface area contributed by atoms with Crippen LogP contribution in [0.2, 0.25) is 5.02 Å². The van der Waals surface area contributed by atoms with Gasteiger partial charge in [0, 0.05) is 16.4 Å². The number of nitrogens with one attached hydrogen (secondary N) is 2. The van der Waals surface area contributed by atoms with Gasteiger partial charge in [-0.15, -0.1) is 0 Å². The van der Waals surface area contributed by atoms with Crippen molar-refractivity contribution in [2.24, 2.45) is 0 Å². The van der Waals surface area contributed by atoms with Gasteiger partial charge in [-0.25, -0.2) is 0 Å². The number of halogens is 1. The molecule has 0 radical (unpaired) electrons. The molecule has 0 heterocycles. The lowest BCUT2D eigenvalue weighted by atomic mass is 10.1. The Morgan fingerprint density at radius 1 is 0.900 bits per heavy atom. The minimum Gasteiger partial charge on any atom is -0.483 e. The third kappa shape index (κ3) is 5.39. The van der Waals surface area contributed by atoms with E-state index in [0.29, 0.717) is 10.7 Å². The van der Waals surface area contributed by atoms with E-state index in [0.717, 1.165) is 22.4 Å². The number of benzene rings is 3. The fourth-order valence-corrected chi connectivity index (χ4v) is 3.39. The first kappa shape index (κ1) is 21.4. The zero-order chi connectivity index (χ0) is 21.7. The van der Waals surface area contributed by atoms with Crippen molar-refractivity contribution >= 4 is 34.8 Å². The first-order valence-corrected chi connectivity index (χ1v) is 9.87. The van der Waals surface area contributed by atoms with E-state index in [2.05, 4.69) is 10.6 Å². The van der Waals surface area contributed by atoms with Crippen molar-refractivity contribution in [2.45, 2.75) is 20.8 Å². The molecule has 0 unspecified atom stereocenters. The fraction of sp³-hybridized carbons (Fsp3) is 0.167. The summed E-state index contributed by atoms with van der Waals surface area (Å²) in [5.41, 5.74) is 4.77. The first-order valence-electron chi connectivity index (χ1n) is 9.50. The van der Waals surface area contributed by atoms with E-state index in [1.807, 2.05) is 51.1 Å². The maximum Gasteiger partial charge on any atom is 0.262 e. The van der Waals surface area contributed by atoms with Crippen LogP contribution in [0.4, 0.5) is 11.4 Å². The summed E-state index contributed by atoms with van der Waals surface area (Å²) < 4.78 is 5.66.